The van der Waals surface area contributed by atoms with E-state index in [1.54, 1.807) is 0 Å². The fraction of sp³-hybridized carbons (Fsp3) is 0.588. The van der Waals surface area contributed by atoms with Crippen molar-refractivity contribution in [3.05, 3.63) is 34.9 Å². The third-order valence-corrected chi connectivity index (χ3v) is 4.55. The number of benzene rings is 1. The number of hydrogen-bond donors (Lipinski definition) is 1. The van der Waals surface area contributed by atoms with Crippen LogP contribution in [-0.4, -0.2) is 18.9 Å². The minimum Gasteiger partial charge on any atom is -0.316 e. The van der Waals surface area contributed by atoms with Crippen molar-refractivity contribution in [3.63, 3.8) is 0 Å². The highest BCUT2D eigenvalue weighted by Gasteiger charge is 2.23. The number of ketones is 1. The molecule has 1 aromatic carbocycles. The first-order valence-corrected chi connectivity index (χ1v) is 7.39. The molecule has 1 aromatic rings. The van der Waals surface area contributed by atoms with E-state index in [0.717, 1.165) is 24.2 Å². The van der Waals surface area contributed by atoms with Crippen molar-refractivity contribution in [1.29, 1.82) is 0 Å². The third-order valence-electron chi connectivity index (χ3n) is 4.55. The molecule has 0 spiro atoms. The summed E-state index contributed by atoms with van der Waals surface area (Å²) in [5.41, 5.74) is 3.26. The van der Waals surface area contributed by atoms with E-state index in [0.29, 0.717) is 24.0 Å². The molecular weight excluding hydrogens is 234 g/mol. The Bertz CT molecular complexity index is 447. The number of Topliss-reactive ketones (excluding diaryl/α,β-unsaturated/α-hetero) is 1. The van der Waals surface area contributed by atoms with Crippen molar-refractivity contribution in [3.8, 4) is 0 Å². The average Bonchev–Trinajstić information content (AvgIpc) is 2.42. The van der Waals surface area contributed by atoms with Crippen LogP contribution in [0.25, 0.3) is 0 Å². The molecule has 1 heterocycles. The molecule has 19 heavy (non-hydrogen) atoms. The molecule has 0 bridgehead atoms. The minimum absolute atomic E-state index is 0.305. The van der Waals surface area contributed by atoms with Crippen LogP contribution in [0.2, 0.25) is 0 Å². The van der Waals surface area contributed by atoms with Crippen molar-refractivity contribution >= 4 is 5.78 Å². The maximum atomic E-state index is 12.5. The molecular formula is C17H25NO. The number of rotatable bonds is 4. The van der Waals surface area contributed by atoms with Crippen molar-refractivity contribution in [2.45, 2.75) is 40.0 Å². The molecule has 1 aliphatic heterocycles. The van der Waals surface area contributed by atoms with E-state index in [1.165, 1.54) is 18.4 Å². The second-order valence-corrected chi connectivity index (χ2v) is 5.96. The molecule has 104 valence electrons. The van der Waals surface area contributed by atoms with Crippen LogP contribution in [0.15, 0.2) is 18.2 Å². The van der Waals surface area contributed by atoms with Gasteiger partial charge in [-0.1, -0.05) is 25.1 Å². The Hall–Kier alpha value is -1.15. The number of aryl methyl sites for hydroxylation is 1. The normalized spacial score (nSPS) is 21.1. The van der Waals surface area contributed by atoms with E-state index >= 15 is 0 Å². The molecule has 0 saturated carbocycles. The average molecular weight is 259 g/mol. The monoisotopic (exact) mass is 259 g/mol. The molecule has 1 aliphatic rings. The van der Waals surface area contributed by atoms with Crippen molar-refractivity contribution < 1.29 is 4.79 Å². The summed E-state index contributed by atoms with van der Waals surface area (Å²) in [5, 5.41) is 3.44. The highest BCUT2D eigenvalue weighted by Crippen LogP contribution is 2.25. The Morgan fingerprint density at radius 1 is 1.42 bits per heavy atom. The molecule has 2 atom stereocenters. The zero-order valence-electron chi connectivity index (χ0n) is 12.3. The zero-order chi connectivity index (χ0) is 13.8. The molecule has 2 heteroatoms. The van der Waals surface area contributed by atoms with Gasteiger partial charge in [-0.25, -0.2) is 0 Å². The number of carbonyl (C=O) groups excluding carboxylic acids is 1. The van der Waals surface area contributed by atoms with Crippen LogP contribution in [0.1, 0.15) is 47.7 Å². The van der Waals surface area contributed by atoms with Gasteiger partial charge in [0.2, 0.25) is 0 Å². The lowest BCUT2D eigenvalue weighted by atomic mass is 9.83. The van der Waals surface area contributed by atoms with Gasteiger partial charge in [0.1, 0.15) is 0 Å². The first-order chi connectivity index (χ1) is 9.09. The lowest BCUT2D eigenvalue weighted by Gasteiger charge is -2.28. The van der Waals surface area contributed by atoms with E-state index in [2.05, 4.69) is 32.2 Å². The second kappa shape index (κ2) is 6.33. The minimum atomic E-state index is 0.305. The molecule has 1 fully saturated rings. The maximum Gasteiger partial charge on any atom is 0.163 e. The topological polar surface area (TPSA) is 29.1 Å². The predicted molar refractivity (Wildman–Crippen MR) is 79.6 cm³/mol. The van der Waals surface area contributed by atoms with Gasteiger partial charge >= 0.3 is 0 Å². The SMILES string of the molecule is Cc1cccc(C(=O)CC(C)C2CCCNC2)c1C. The fourth-order valence-electron chi connectivity index (χ4n) is 2.99. The highest BCUT2D eigenvalue weighted by molar-refractivity contribution is 5.97. The number of piperidine rings is 1. The van der Waals surface area contributed by atoms with Crippen LogP contribution in [0.4, 0.5) is 0 Å². The molecule has 2 rings (SSSR count). The van der Waals surface area contributed by atoms with Gasteiger partial charge in [0.25, 0.3) is 0 Å². The molecule has 1 N–H and O–H groups in total. The molecule has 0 radical (unpaired) electrons. The quantitative estimate of drug-likeness (QED) is 0.838. The van der Waals surface area contributed by atoms with Crippen LogP contribution < -0.4 is 5.32 Å². The van der Waals surface area contributed by atoms with E-state index < -0.39 is 0 Å². The fourth-order valence-corrected chi connectivity index (χ4v) is 2.99. The molecule has 0 aliphatic carbocycles. The van der Waals surface area contributed by atoms with Gasteiger partial charge in [-0.2, -0.15) is 0 Å². The summed E-state index contributed by atoms with van der Waals surface area (Å²) in [6, 6.07) is 6.03. The second-order valence-electron chi connectivity index (χ2n) is 5.96. The smallest absolute Gasteiger partial charge is 0.163 e. The maximum absolute atomic E-state index is 12.5. The Kier molecular flexibility index (Phi) is 4.76. The Morgan fingerprint density at radius 2 is 2.21 bits per heavy atom. The highest BCUT2D eigenvalue weighted by atomic mass is 16.1. The molecule has 0 aromatic heterocycles. The standard InChI is InChI=1S/C17H25NO/c1-12-6-4-8-16(14(12)3)17(19)10-13(2)15-7-5-9-18-11-15/h4,6,8,13,15,18H,5,7,9-11H2,1-3H3. The summed E-state index contributed by atoms with van der Waals surface area (Å²) in [6.07, 6.45) is 3.18. The first-order valence-electron chi connectivity index (χ1n) is 7.39. The van der Waals surface area contributed by atoms with Crippen LogP contribution in [0.5, 0.6) is 0 Å². The summed E-state index contributed by atoms with van der Waals surface area (Å²) >= 11 is 0. The Morgan fingerprint density at radius 3 is 2.89 bits per heavy atom. The predicted octanol–water partition coefficient (Wildman–Crippen LogP) is 3.51. The van der Waals surface area contributed by atoms with E-state index in [-0.39, 0.29) is 0 Å². The van der Waals surface area contributed by atoms with Gasteiger partial charge in [0.05, 0.1) is 0 Å². The van der Waals surface area contributed by atoms with Crippen LogP contribution in [-0.2, 0) is 0 Å². The van der Waals surface area contributed by atoms with Gasteiger partial charge in [0.15, 0.2) is 5.78 Å². The number of carbonyl (C=O) groups is 1. The van der Waals surface area contributed by atoms with Crippen molar-refractivity contribution in [2.75, 3.05) is 13.1 Å². The van der Waals surface area contributed by atoms with Gasteiger partial charge in [-0.15, -0.1) is 0 Å². The van der Waals surface area contributed by atoms with E-state index in [9.17, 15) is 4.79 Å². The van der Waals surface area contributed by atoms with Gasteiger partial charge in [-0.05, 0) is 62.7 Å². The summed E-state index contributed by atoms with van der Waals surface area (Å²) in [7, 11) is 0. The van der Waals surface area contributed by atoms with Gasteiger partial charge in [0, 0.05) is 12.0 Å². The number of hydrogen-bond acceptors (Lipinski definition) is 2. The summed E-state index contributed by atoms with van der Waals surface area (Å²) in [4.78, 5) is 12.5. The van der Waals surface area contributed by atoms with E-state index in [1.807, 2.05) is 12.1 Å². The van der Waals surface area contributed by atoms with E-state index in [4.69, 9.17) is 0 Å². The molecule has 1 saturated heterocycles. The first kappa shape index (κ1) is 14.3. The Labute approximate surface area is 116 Å². The lowest BCUT2D eigenvalue weighted by molar-refractivity contribution is 0.0942. The lowest BCUT2D eigenvalue weighted by Crippen LogP contribution is -2.34. The molecule has 2 unspecified atom stereocenters. The molecule has 0 amide bonds. The largest absolute Gasteiger partial charge is 0.316 e. The van der Waals surface area contributed by atoms with Crippen LogP contribution in [0, 0.1) is 25.7 Å². The molecule has 2 nitrogen and oxygen atoms in total. The zero-order valence-corrected chi connectivity index (χ0v) is 12.3. The summed E-state index contributed by atoms with van der Waals surface area (Å²) in [6.45, 7) is 8.55. The van der Waals surface area contributed by atoms with Crippen molar-refractivity contribution in [2.24, 2.45) is 11.8 Å². The third kappa shape index (κ3) is 3.44. The van der Waals surface area contributed by atoms with Crippen molar-refractivity contribution in [1.82, 2.24) is 5.32 Å². The summed E-state index contributed by atoms with van der Waals surface area (Å²) < 4.78 is 0. The summed E-state index contributed by atoms with van der Waals surface area (Å²) in [5.74, 6) is 1.43. The van der Waals surface area contributed by atoms with Crippen LogP contribution >= 0.6 is 0 Å². The van der Waals surface area contributed by atoms with Gasteiger partial charge < -0.3 is 5.32 Å². The number of nitrogens with one attached hydrogen (secondary N) is 1. The Balaban J connectivity index is 2.02. The van der Waals surface area contributed by atoms with Gasteiger partial charge in [-0.3, -0.25) is 4.79 Å². The van der Waals surface area contributed by atoms with Crippen LogP contribution in [0.3, 0.4) is 0 Å².